The van der Waals surface area contributed by atoms with E-state index in [0.717, 1.165) is 0 Å². The molecule has 10 N–H and O–H groups in total. The zero-order valence-corrected chi connectivity index (χ0v) is 11.0. The van der Waals surface area contributed by atoms with Gasteiger partial charge in [-0.15, -0.1) is 0 Å². The quantitative estimate of drug-likeness (QED) is 0.180. The Labute approximate surface area is 116 Å². The molecule has 118 valence electrons. The van der Waals surface area contributed by atoms with Crippen LogP contribution in [0.15, 0.2) is 0 Å². The molecule has 0 saturated heterocycles. The van der Waals surface area contributed by atoms with Crippen LogP contribution in [-0.4, -0.2) is 59.9 Å². The molecule has 0 aliphatic carbocycles. The van der Waals surface area contributed by atoms with Crippen molar-refractivity contribution in [2.75, 3.05) is 13.1 Å². The summed E-state index contributed by atoms with van der Waals surface area (Å²) in [6.45, 7) is 0.339. The second-order valence-electron chi connectivity index (χ2n) is 4.00. The van der Waals surface area contributed by atoms with Crippen LogP contribution in [0.4, 0.5) is 0 Å². The van der Waals surface area contributed by atoms with Crippen LogP contribution in [0.25, 0.3) is 0 Å². The van der Waals surface area contributed by atoms with Crippen molar-refractivity contribution in [2.24, 2.45) is 22.9 Å². The highest BCUT2D eigenvalue weighted by Crippen LogP contribution is 2.03. The van der Waals surface area contributed by atoms with E-state index in [4.69, 9.17) is 22.9 Å². The number of rotatable bonds is 9. The zero-order valence-electron chi connectivity index (χ0n) is 11.0. The van der Waals surface area contributed by atoms with Crippen molar-refractivity contribution >= 4 is 11.9 Å². The summed E-state index contributed by atoms with van der Waals surface area (Å²) in [5, 5.41) is 18.9. The molecule has 0 radical (unpaired) electrons. The maximum atomic E-state index is 11.4. The lowest BCUT2D eigenvalue weighted by Gasteiger charge is -2.20. The molecule has 0 aromatic carbocycles. The Morgan fingerprint density at radius 2 is 1.15 bits per heavy atom. The van der Waals surface area contributed by atoms with Gasteiger partial charge in [-0.25, -0.2) is 9.59 Å². The Kier molecular flexibility index (Phi) is 8.96. The van der Waals surface area contributed by atoms with Gasteiger partial charge in [-0.1, -0.05) is 0 Å². The minimum atomic E-state index is -2.13. The van der Waals surface area contributed by atoms with Crippen molar-refractivity contribution < 1.29 is 29.3 Å². The van der Waals surface area contributed by atoms with Crippen LogP contribution in [0.2, 0.25) is 0 Å². The third kappa shape index (κ3) is 6.75. The summed E-state index contributed by atoms with van der Waals surface area (Å²) >= 11 is 0. The summed E-state index contributed by atoms with van der Waals surface area (Å²) in [4.78, 5) is 22.7. The minimum Gasteiger partial charge on any atom is -0.445 e. The highest BCUT2D eigenvalue weighted by atomic mass is 16.6. The Bertz CT molecular complexity index is 286. The number of nitrogens with two attached hydrogens (primary N) is 4. The summed E-state index contributed by atoms with van der Waals surface area (Å²) in [5.41, 5.74) is 21.1. The van der Waals surface area contributed by atoms with Gasteiger partial charge in [0.15, 0.2) is 24.7 Å². The molecule has 0 bridgehead atoms. The van der Waals surface area contributed by atoms with Gasteiger partial charge < -0.3 is 31.2 Å². The Hall–Kier alpha value is -1.30. The molecule has 10 nitrogen and oxygen atoms in total. The van der Waals surface area contributed by atoms with E-state index in [1.54, 1.807) is 0 Å². The maximum Gasteiger partial charge on any atom is 0.339 e. The van der Waals surface area contributed by atoms with E-state index in [1.165, 1.54) is 0 Å². The molecule has 0 rings (SSSR count). The van der Waals surface area contributed by atoms with Gasteiger partial charge in [-0.2, -0.15) is 0 Å². The van der Waals surface area contributed by atoms with Gasteiger partial charge in [0.25, 0.3) is 0 Å². The Morgan fingerprint density at radius 1 is 0.850 bits per heavy atom. The maximum absolute atomic E-state index is 11.4. The molecule has 0 fully saturated rings. The van der Waals surface area contributed by atoms with Gasteiger partial charge >= 0.3 is 11.9 Å². The van der Waals surface area contributed by atoms with Gasteiger partial charge in [-0.3, -0.25) is 11.5 Å². The summed E-state index contributed by atoms with van der Waals surface area (Å²) in [6.07, 6.45) is -6.00. The first-order chi connectivity index (χ1) is 9.33. The number of carbonyl (C=O) groups excluding carboxylic acids is 2. The lowest BCUT2D eigenvalue weighted by atomic mass is 10.2. The highest BCUT2D eigenvalue weighted by molar-refractivity contribution is 5.85. The minimum absolute atomic E-state index is 0.167. The lowest BCUT2D eigenvalue weighted by Crippen LogP contribution is -2.46. The van der Waals surface area contributed by atoms with Crippen molar-refractivity contribution in [1.29, 1.82) is 0 Å². The number of aliphatic hydroxyl groups is 2. The second-order valence-corrected chi connectivity index (χ2v) is 4.00. The predicted octanol–water partition coefficient (Wildman–Crippen LogP) is -3.94. The molecule has 0 aromatic rings. The molecule has 4 atom stereocenters. The molecule has 0 amide bonds. The highest BCUT2D eigenvalue weighted by Gasteiger charge is 2.34. The van der Waals surface area contributed by atoms with Gasteiger partial charge in [0.1, 0.15) is 0 Å². The summed E-state index contributed by atoms with van der Waals surface area (Å²) in [6, 6.07) is 0. The Morgan fingerprint density at radius 3 is 1.40 bits per heavy atom. The first-order valence-electron chi connectivity index (χ1n) is 6.01. The predicted molar refractivity (Wildman–Crippen MR) is 67.5 cm³/mol. The molecule has 0 aliphatic heterocycles. The monoisotopic (exact) mass is 294 g/mol. The number of hydrogen-bond acceptors (Lipinski definition) is 10. The number of aliphatic hydroxyl groups excluding tert-OH is 2. The molecular weight excluding hydrogens is 272 g/mol. The van der Waals surface area contributed by atoms with Crippen molar-refractivity contribution in [2.45, 2.75) is 37.5 Å². The SMILES string of the molecule is NCCC(N)OC(=O)C(O)C(O)C(=O)OC(N)CCN. The fourth-order valence-electron chi connectivity index (χ4n) is 1.14. The van der Waals surface area contributed by atoms with Gasteiger partial charge in [0.05, 0.1) is 0 Å². The molecular formula is C10H22N4O6. The third-order valence-corrected chi connectivity index (χ3v) is 2.22. The van der Waals surface area contributed by atoms with Crippen LogP contribution in [0.1, 0.15) is 12.8 Å². The van der Waals surface area contributed by atoms with E-state index in [2.05, 4.69) is 9.47 Å². The van der Waals surface area contributed by atoms with E-state index < -0.39 is 36.6 Å². The van der Waals surface area contributed by atoms with E-state index in [1.807, 2.05) is 0 Å². The summed E-state index contributed by atoms with van der Waals surface area (Å²) in [7, 11) is 0. The van der Waals surface area contributed by atoms with Gasteiger partial charge in [0, 0.05) is 12.8 Å². The number of ether oxygens (including phenoxy) is 2. The molecule has 0 saturated carbocycles. The fraction of sp³-hybridized carbons (Fsp3) is 0.800. The van der Waals surface area contributed by atoms with Crippen LogP contribution < -0.4 is 22.9 Å². The summed E-state index contributed by atoms with van der Waals surface area (Å²) < 4.78 is 9.13. The summed E-state index contributed by atoms with van der Waals surface area (Å²) in [5.74, 6) is -2.52. The average Bonchev–Trinajstić information content (AvgIpc) is 2.37. The van der Waals surface area contributed by atoms with E-state index in [0.29, 0.717) is 0 Å². The largest absolute Gasteiger partial charge is 0.445 e. The van der Waals surface area contributed by atoms with Crippen molar-refractivity contribution in [1.82, 2.24) is 0 Å². The Balaban J connectivity index is 4.34. The number of carbonyl (C=O) groups is 2. The normalized spacial score (nSPS) is 16.9. The first-order valence-corrected chi connectivity index (χ1v) is 6.01. The number of hydrogen-bond donors (Lipinski definition) is 6. The van der Waals surface area contributed by atoms with Gasteiger partial charge in [-0.05, 0) is 13.1 Å². The van der Waals surface area contributed by atoms with Crippen LogP contribution in [0.3, 0.4) is 0 Å². The molecule has 0 aliphatic rings. The topological polar surface area (TPSA) is 197 Å². The smallest absolute Gasteiger partial charge is 0.339 e. The van der Waals surface area contributed by atoms with E-state index >= 15 is 0 Å². The standard InChI is InChI=1S/C10H22N4O6/c11-3-1-5(13)19-9(17)7(15)8(16)10(18)20-6(14)2-4-12/h5-8,15-16H,1-4,11-14H2. The van der Waals surface area contributed by atoms with Crippen LogP contribution in [0.5, 0.6) is 0 Å². The molecule has 0 heterocycles. The third-order valence-electron chi connectivity index (χ3n) is 2.22. The first kappa shape index (κ1) is 18.7. The van der Waals surface area contributed by atoms with Crippen LogP contribution in [-0.2, 0) is 19.1 Å². The zero-order chi connectivity index (χ0) is 15.7. The lowest BCUT2D eigenvalue weighted by molar-refractivity contribution is -0.178. The van der Waals surface area contributed by atoms with Crippen molar-refractivity contribution in [3.8, 4) is 0 Å². The number of esters is 2. The molecule has 0 spiro atoms. The van der Waals surface area contributed by atoms with Crippen LogP contribution in [0, 0.1) is 0 Å². The fourth-order valence-corrected chi connectivity index (χ4v) is 1.14. The second kappa shape index (κ2) is 9.58. The van der Waals surface area contributed by atoms with Crippen molar-refractivity contribution in [3.05, 3.63) is 0 Å². The van der Waals surface area contributed by atoms with E-state index in [9.17, 15) is 19.8 Å². The molecule has 0 aromatic heterocycles. The molecule has 20 heavy (non-hydrogen) atoms. The van der Waals surface area contributed by atoms with Gasteiger partial charge in [0.2, 0.25) is 0 Å². The van der Waals surface area contributed by atoms with Crippen molar-refractivity contribution in [3.63, 3.8) is 0 Å². The molecule has 10 heteroatoms. The van der Waals surface area contributed by atoms with Crippen LogP contribution >= 0.6 is 0 Å². The average molecular weight is 294 g/mol. The van der Waals surface area contributed by atoms with E-state index in [-0.39, 0.29) is 25.9 Å². The molecule has 4 unspecified atom stereocenters.